The van der Waals surface area contributed by atoms with Crippen LogP contribution in [0.5, 0.6) is 5.75 Å². The van der Waals surface area contributed by atoms with Crippen molar-refractivity contribution < 1.29 is 4.74 Å². The van der Waals surface area contributed by atoms with Gasteiger partial charge in [0, 0.05) is 10.5 Å². The number of ether oxygens (including phenoxy) is 1. The van der Waals surface area contributed by atoms with E-state index >= 15 is 0 Å². The van der Waals surface area contributed by atoms with Crippen molar-refractivity contribution in [2.24, 2.45) is 5.73 Å². The van der Waals surface area contributed by atoms with Gasteiger partial charge in [-0.05, 0) is 56.9 Å². The lowest BCUT2D eigenvalue weighted by molar-refractivity contribution is 0.238. The smallest absolute Gasteiger partial charge is 0.125 e. The second-order valence-corrected chi connectivity index (χ2v) is 5.67. The molecule has 1 aromatic carbocycles. The third-order valence-electron chi connectivity index (χ3n) is 2.68. The van der Waals surface area contributed by atoms with E-state index in [1.54, 1.807) is 0 Å². The molecule has 1 unspecified atom stereocenters. The molecule has 1 atom stereocenters. The molecule has 0 saturated carbocycles. The van der Waals surface area contributed by atoms with E-state index in [0.29, 0.717) is 0 Å². The highest BCUT2D eigenvalue weighted by atomic mass is 79.9. The summed E-state index contributed by atoms with van der Waals surface area (Å²) in [6, 6.07) is 4.39. The summed E-state index contributed by atoms with van der Waals surface area (Å²) in [4.78, 5) is 0. The molecule has 0 aliphatic carbocycles. The molecule has 1 rings (SSSR count). The zero-order chi connectivity index (χ0) is 13.0. The van der Waals surface area contributed by atoms with Crippen LogP contribution in [0.2, 0.25) is 0 Å². The van der Waals surface area contributed by atoms with Gasteiger partial charge in [-0.2, -0.15) is 0 Å². The van der Waals surface area contributed by atoms with Crippen molar-refractivity contribution in [2.45, 2.75) is 52.7 Å². The van der Waals surface area contributed by atoms with Crippen LogP contribution in [-0.4, -0.2) is 12.1 Å². The Morgan fingerprint density at radius 3 is 2.53 bits per heavy atom. The van der Waals surface area contributed by atoms with Crippen LogP contribution in [0.1, 0.15) is 38.3 Å². The summed E-state index contributed by atoms with van der Waals surface area (Å²) in [6.07, 6.45) is 2.03. The second kappa shape index (κ2) is 6.41. The number of nitrogens with two attached hydrogens (primary N) is 1. The summed E-state index contributed by atoms with van der Waals surface area (Å²) in [5, 5.41) is 0. The molecule has 0 amide bonds. The first-order chi connectivity index (χ1) is 7.93. The Kier molecular flexibility index (Phi) is 5.47. The van der Waals surface area contributed by atoms with E-state index in [9.17, 15) is 0 Å². The minimum Gasteiger partial charge on any atom is -0.490 e. The van der Waals surface area contributed by atoms with Gasteiger partial charge < -0.3 is 10.5 Å². The molecule has 0 saturated heterocycles. The number of hydrogen-bond donors (Lipinski definition) is 1. The third kappa shape index (κ3) is 4.32. The predicted molar refractivity (Wildman–Crippen MR) is 76.6 cm³/mol. The molecule has 1 aromatic rings. The Morgan fingerprint density at radius 1 is 1.35 bits per heavy atom. The lowest BCUT2D eigenvalue weighted by atomic mass is 10.0. The van der Waals surface area contributed by atoms with E-state index in [0.717, 1.165) is 28.6 Å². The Morgan fingerprint density at radius 2 is 2.00 bits per heavy atom. The number of aryl methyl sites for hydroxylation is 1. The number of hydrogen-bond acceptors (Lipinski definition) is 2. The first-order valence-electron chi connectivity index (χ1n) is 6.15. The summed E-state index contributed by atoms with van der Waals surface area (Å²) >= 11 is 3.53. The fourth-order valence-corrected chi connectivity index (χ4v) is 2.40. The van der Waals surface area contributed by atoms with E-state index in [1.807, 2.05) is 13.8 Å². The predicted octanol–water partition coefficient (Wildman–Crippen LogP) is 3.82. The van der Waals surface area contributed by atoms with Crippen LogP contribution in [-0.2, 0) is 6.42 Å². The van der Waals surface area contributed by atoms with Gasteiger partial charge in [-0.15, -0.1) is 0 Å². The van der Waals surface area contributed by atoms with Gasteiger partial charge in [-0.3, -0.25) is 0 Å². The standard InChI is InChI=1S/C14H22BrNO/c1-5-13(16)8-11-7-12(15)6-10(4)14(11)17-9(2)3/h6-7,9,13H,5,8,16H2,1-4H3. The van der Waals surface area contributed by atoms with Gasteiger partial charge in [0.25, 0.3) is 0 Å². The Hall–Kier alpha value is -0.540. The van der Waals surface area contributed by atoms with Crippen LogP contribution in [0, 0.1) is 6.92 Å². The monoisotopic (exact) mass is 299 g/mol. The molecule has 0 aliphatic heterocycles. The largest absolute Gasteiger partial charge is 0.490 e. The minimum atomic E-state index is 0.187. The highest BCUT2D eigenvalue weighted by Crippen LogP contribution is 2.30. The molecular formula is C14H22BrNO. The van der Waals surface area contributed by atoms with E-state index < -0.39 is 0 Å². The van der Waals surface area contributed by atoms with Crippen LogP contribution < -0.4 is 10.5 Å². The molecule has 2 nitrogen and oxygen atoms in total. The van der Waals surface area contributed by atoms with Crippen LogP contribution >= 0.6 is 15.9 Å². The first-order valence-corrected chi connectivity index (χ1v) is 6.94. The van der Waals surface area contributed by atoms with Gasteiger partial charge in [-0.25, -0.2) is 0 Å². The topological polar surface area (TPSA) is 35.2 Å². The minimum absolute atomic E-state index is 0.187. The van der Waals surface area contributed by atoms with E-state index in [2.05, 4.69) is 41.9 Å². The van der Waals surface area contributed by atoms with Crippen molar-refractivity contribution in [2.75, 3.05) is 0 Å². The highest BCUT2D eigenvalue weighted by Gasteiger charge is 2.13. The van der Waals surface area contributed by atoms with Crippen molar-refractivity contribution in [3.05, 3.63) is 27.7 Å². The van der Waals surface area contributed by atoms with Crippen LogP contribution in [0.15, 0.2) is 16.6 Å². The third-order valence-corrected chi connectivity index (χ3v) is 3.13. The van der Waals surface area contributed by atoms with Crippen molar-refractivity contribution in [1.29, 1.82) is 0 Å². The van der Waals surface area contributed by atoms with Crippen LogP contribution in [0.3, 0.4) is 0 Å². The van der Waals surface area contributed by atoms with Crippen molar-refractivity contribution in [3.63, 3.8) is 0 Å². The lowest BCUT2D eigenvalue weighted by Gasteiger charge is -2.19. The van der Waals surface area contributed by atoms with Gasteiger partial charge in [0.15, 0.2) is 0 Å². The fraction of sp³-hybridized carbons (Fsp3) is 0.571. The zero-order valence-corrected chi connectivity index (χ0v) is 12.7. The van der Waals surface area contributed by atoms with Crippen molar-refractivity contribution >= 4 is 15.9 Å². The van der Waals surface area contributed by atoms with Gasteiger partial charge in [0.1, 0.15) is 5.75 Å². The summed E-state index contributed by atoms with van der Waals surface area (Å²) in [6.45, 7) is 8.28. The van der Waals surface area contributed by atoms with Gasteiger partial charge in [-0.1, -0.05) is 22.9 Å². The molecule has 0 spiro atoms. The molecule has 0 aliphatic rings. The van der Waals surface area contributed by atoms with E-state index in [1.165, 1.54) is 5.56 Å². The molecular weight excluding hydrogens is 278 g/mol. The Bertz CT molecular complexity index is 377. The summed E-state index contributed by atoms with van der Waals surface area (Å²) in [7, 11) is 0. The molecule has 0 heterocycles. The van der Waals surface area contributed by atoms with Gasteiger partial charge >= 0.3 is 0 Å². The molecule has 0 aromatic heterocycles. The highest BCUT2D eigenvalue weighted by molar-refractivity contribution is 9.10. The molecule has 2 N–H and O–H groups in total. The first kappa shape index (κ1) is 14.5. The van der Waals surface area contributed by atoms with Gasteiger partial charge in [0.05, 0.1) is 6.10 Å². The molecule has 0 radical (unpaired) electrons. The lowest BCUT2D eigenvalue weighted by Crippen LogP contribution is -2.22. The van der Waals surface area contributed by atoms with Crippen LogP contribution in [0.4, 0.5) is 0 Å². The molecule has 0 fully saturated rings. The summed E-state index contributed by atoms with van der Waals surface area (Å²) < 4.78 is 6.99. The molecule has 3 heteroatoms. The van der Waals surface area contributed by atoms with E-state index in [-0.39, 0.29) is 12.1 Å². The maximum absolute atomic E-state index is 6.03. The summed E-state index contributed by atoms with van der Waals surface area (Å²) in [5.41, 5.74) is 8.39. The Labute approximate surface area is 113 Å². The second-order valence-electron chi connectivity index (χ2n) is 4.75. The zero-order valence-electron chi connectivity index (χ0n) is 11.1. The maximum atomic E-state index is 6.03. The Balaban J connectivity index is 3.06. The normalized spacial score (nSPS) is 12.9. The molecule has 17 heavy (non-hydrogen) atoms. The number of rotatable bonds is 5. The molecule has 96 valence electrons. The fourth-order valence-electron chi connectivity index (χ4n) is 1.78. The maximum Gasteiger partial charge on any atom is 0.125 e. The summed E-state index contributed by atoms with van der Waals surface area (Å²) in [5.74, 6) is 0.993. The average Bonchev–Trinajstić information content (AvgIpc) is 2.22. The quantitative estimate of drug-likeness (QED) is 0.897. The molecule has 0 bridgehead atoms. The van der Waals surface area contributed by atoms with Gasteiger partial charge in [0.2, 0.25) is 0 Å². The number of halogens is 1. The van der Waals surface area contributed by atoms with Crippen molar-refractivity contribution in [3.8, 4) is 5.75 Å². The van der Waals surface area contributed by atoms with E-state index in [4.69, 9.17) is 10.5 Å². The average molecular weight is 300 g/mol. The van der Waals surface area contributed by atoms with Crippen molar-refractivity contribution in [1.82, 2.24) is 0 Å². The SMILES string of the molecule is CCC(N)Cc1cc(Br)cc(C)c1OC(C)C. The van der Waals surface area contributed by atoms with Crippen LogP contribution in [0.25, 0.3) is 0 Å². The number of benzene rings is 1.